The molecule has 11 heteroatoms. The van der Waals surface area contributed by atoms with E-state index in [1.165, 1.54) is 0 Å². The SMILES string of the molecule is O=C(O)COC1CCC(NC(=O)[C@H](C2CCCCC2)n2c(-c3ccc(Cl)nc3)nc3cc(F)c(F)cc32)CC1. The number of nitrogens with zero attached hydrogens (tertiary/aromatic N) is 3. The Balaban J connectivity index is 1.49. The summed E-state index contributed by atoms with van der Waals surface area (Å²) < 4.78 is 35.9. The molecular weight excluding hydrogens is 530 g/mol. The van der Waals surface area contributed by atoms with E-state index < -0.39 is 23.6 Å². The predicted octanol–water partition coefficient (Wildman–Crippen LogP) is 5.68. The lowest BCUT2D eigenvalue weighted by atomic mass is 9.82. The molecule has 0 bridgehead atoms. The molecule has 1 aromatic carbocycles. The van der Waals surface area contributed by atoms with Gasteiger partial charge in [0.15, 0.2) is 11.6 Å². The summed E-state index contributed by atoms with van der Waals surface area (Å²) in [6, 6.07) is 4.72. The highest BCUT2D eigenvalue weighted by Gasteiger charge is 2.36. The molecule has 0 saturated heterocycles. The minimum Gasteiger partial charge on any atom is -0.480 e. The number of hydrogen-bond acceptors (Lipinski definition) is 5. The zero-order valence-corrected chi connectivity index (χ0v) is 22.2. The molecule has 3 aromatic rings. The van der Waals surface area contributed by atoms with Gasteiger partial charge in [-0.15, -0.1) is 0 Å². The second-order valence-electron chi connectivity index (χ2n) is 10.5. The maximum atomic E-state index is 14.5. The fourth-order valence-corrected chi connectivity index (χ4v) is 6.04. The highest BCUT2D eigenvalue weighted by molar-refractivity contribution is 6.29. The van der Waals surface area contributed by atoms with Gasteiger partial charge in [-0.2, -0.15) is 0 Å². The van der Waals surface area contributed by atoms with Crippen LogP contribution < -0.4 is 5.32 Å². The summed E-state index contributed by atoms with van der Waals surface area (Å²) in [4.78, 5) is 33.7. The zero-order chi connectivity index (χ0) is 27.5. The standard InChI is InChI=1S/C28H31ClF2N4O4/c29-24-11-6-17(14-32-24)27-34-22-12-20(30)21(31)13-23(22)35(27)26(16-4-2-1-3-5-16)28(38)33-18-7-9-19(10-8-18)39-15-25(36)37/h6,11-14,16,18-19,26H,1-5,7-10,15H2,(H,33,38)(H,36,37)/t18?,19?,26-/m0/s1. The Morgan fingerprint density at radius 3 is 2.46 bits per heavy atom. The number of halogens is 3. The molecule has 39 heavy (non-hydrogen) atoms. The smallest absolute Gasteiger partial charge is 0.329 e. The molecule has 2 aliphatic carbocycles. The molecule has 1 amide bonds. The van der Waals surface area contributed by atoms with Crippen LogP contribution in [0.2, 0.25) is 5.15 Å². The van der Waals surface area contributed by atoms with E-state index in [1.807, 2.05) is 0 Å². The van der Waals surface area contributed by atoms with Crippen LogP contribution in [0.15, 0.2) is 30.5 Å². The molecule has 0 aliphatic heterocycles. The lowest BCUT2D eigenvalue weighted by molar-refractivity contribution is -0.145. The molecule has 2 fully saturated rings. The normalized spacial score (nSPS) is 21.1. The maximum absolute atomic E-state index is 14.5. The van der Waals surface area contributed by atoms with Gasteiger partial charge in [-0.1, -0.05) is 30.9 Å². The van der Waals surface area contributed by atoms with Crippen molar-refractivity contribution >= 4 is 34.5 Å². The fourth-order valence-electron chi connectivity index (χ4n) is 5.93. The molecule has 8 nitrogen and oxygen atoms in total. The number of amides is 1. The van der Waals surface area contributed by atoms with E-state index in [4.69, 9.17) is 21.4 Å². The van der Waals surface area contributed by atoms with E-state index >= 15 is 0 Å². The molecule has 2 N–H and O–H groups in total. The summed E-state index contributed by atoms with van der Waals surface area (Å²) in [5.74, 6) is -2.82. The predicted molar refractivity (Wildman–Crippen MR) is 141 cm³/mol. The van der Waals surface area contributed by atoms with E-state index in [9.17, 15) is 18.4 Å². The Kier molecular flexibility index (Phi) is 8.42. The van der Waals surface area contributed by atoms with E-state index in [0.29, 0.717) is 47.7 Å². The van der Waals surface area contributed by atoms with Crippen molar-refractivity contribution in [3.63, 3.8) is 0 Å². The van der Waals surface area contributed by atoms with Gasteiger partial charge >= 0.3 is 5.97 Å². The van der Waals surface area contributed by atoms with Gasteiger partial charge in [0.1, 0.15) is 23.6 Å². The minimum absolute atomic E-state index is 0.0153. The van der Waals surface area contributed by atoms with Gasteiger partial charge in [0.25, 0.3) is 0 Å². The quantitative estimate of drug-likeness (QED) is 0.343. The number of pyridine rings is 1. The Hall–Kier alpha value is -3.11. The third-order valence-corrected chi connectivity index (χ3v) is 8.05. The van der Waals surface area contributed by atoms with E-state index in [2.05, 4.69) is 15.3 Å². The van der Waals surface area contributed by atoms with Gasteiger partial charge < -0.3 is 19.7 Å². The summed E-state index contributed by atoms with van der Waals surface area (Å²) in [6.45, 7) is -0.335. The Morgan fingerprint density at radius 1 is 1.08 bits per heavy atom. The number of ether oxygens (including phenoxy) is 1. The highest BCUT2D eigenvalue weighted by Crippen LogP contribution is 2.39. The summed E-state index contributed by atoms with van der Waals surface area (Å²) >= 11 is 6.01. The van der Waals surface area contributed by atoms with Crippen LogP contribution in [0.3, 0.4) is 0 Å². The minimum atomic E-state index is -1.01. The van der Waals surface area contributed by atoms with Crippen molar-refractivity contribution in [3.05, 3.63) is 47.2 Å². The van der Waals surface area contributed by atoms with Crippen LogP contribution in [0.25, 0.3) is 22.4 Å². The number of carbonyl (C=O) groups excluding carboxylic acids is 1. The van der Waals surface area contributed by atoms with Crippen molar-refractivity contribution in [2.45, 2.75) is 76.0 Å². The van der Waals surface area contributed by atoms with Crippen molar-refractivity contribution in [3.8, 4) is 11.4 Å². The van der Waals surface area contributed by atoms with Gasteiger partial charge in [-0.3, -0.25) is 4.79 Å². The van der Waals surface area contributed by atoms with Gasteiger partial charge in [0.2, 0.25) is 5.91 Å². The van der Waals surface area contributed by atoms with Crippen LogP contribution in [-0.4, -0.2) is 50.3 Å². The monoisotopic (exact) mass is 560 g/mol. The number of carboxylic acid groups (broad SMARTS) is 1. The first-order valence-electron chi connectivity index (χ1n) is 13.4. The van der Waals surface area contributed by atoms with Crippen molar-refractivity contribution in [2.75, 3.05) is 6.61 Å². The van der Waals surface area contributed by atoms with Gasteiger partial charge in [0.05, 0.1) is 17.1 Å². The third kappa shape index (κ3) is 6.22. The van der Waals surface area contributed by atoms with Crippen LogP contribution in [0.1, 0.15) is 63.8 Å². The van der Waals surface area contributed by atoms with Crippen molar-refractivity contribution in [1.29, 1.82) is 0 Å². The van der Waals surface area contributed by atoms with Crippen molar-refractivity contribution < 1.29 is 28.2 Å². The molecule has 0 unspecified atom stereocenters. The van der Waals surface area contributed by atoms with Crippen LogP contribution in [0.4, 0.5) is 8.78 Å². The molecule has 2 heterocycles. The number of benzene rings is 1. The number of aliphatic carboxylic acids is 1. The van der Waals surface area contributed by atoms with Gasteiger partial charge in [0, 0.05) is 29.9 Å². The molecule has 208 valence electrons. The molecular formula is C28H31ClF2N4O4. The van der Waals surface area contributed by atoms with E-state index in [-0.39, 0.29) is 36.1 Å². The summed E-state index contributed by atoms with van der Waals surface area (Å²) in [5.41, 5.74) is 1.18. The van der Waals surface area contributed by atoms with E-state index in [0.717, 1.165) is 44.2 Å². The summed E-state index contributed by atoms with van der Waals surface area (Å²) in [6.07, 6.45) is 8.71. The lowest BCUT2D eigenvalue weighted by Crippen LogP contribution is -2.45. The number of nitrogens with one attached hydrogen (secondary N) is 1. The summed E-state index contributed by atoms with van der Waals surface area (Å²) in [7, 11) is 0. The Bertz CT molecular complexity index is 1340. The van der Waals surface area contributed by atoms with Crippen LogP contribution in [-0.2, 0) is 14.3 Å². The second kappa shape index (κ2) is 12.0. The lowest BCUT2D eigenvalue weighted by Gasteiger charge is -2.34. The van der Waals surface area contributed by atoms with Crippen LogP contribution >= 0.6 is 11.6 Å². The molecule has 2 aliphatic rings. The average molecular weight is 561 g/mol. The number of fused-ring (bicyclic) bond motifs is 1. The molecule has 0 spiro atoms. The van der Waals surface area contributed by atoms with E-state index in [1.54, 1.807) is 22.9 Å². The fraction of sp³-hybridized carbons (Fsp3) is 0.500. The average Bonchev–Trinajstić information content (AvgIpc) is 3.27. The number of aromatic nitrogens is 3. The molecule has 0 radical (unpaired) electrons. The first-order valence-corrected chi connectivity index (χ1v) is 13.8. The van der Waals surface area contributed by atoms with Crippen LogP contribution in [0, 0.1) is 17.6 Å². The topological polar surface area (TPSA) is 106 Å². The number of carbonyl (C=O) groups is 2. The van der Waals surface area contributed by atoms with Crippen molar-refractivity contribution in [2.24, 2.45) is 5.92 Å². The number of hydrogen-bond donors (Lipinski definition) is 2. The second-order valence-corrected chi connectivity index (χ2v) is 10.8. The highest BCUT2D eigenvalue weighted by atomic mass is 35.5. The van der Waals surface area contributed by atoms with Crippen molar-refractivity contribution in [1.82, 2.24) is 19.9 Å². The Labute approximate surface area is 229 Å². The number of rotatable bonds is 8. The summed E-state index contributed by atoms with van der Waals surface area (Å²) in [5, 5.41) is 12.4. The third-order valence-electron chi connectivity index (χ3n) is 7.82. The first-order chi connectivity index (χ1) is 18.8. The number of imidazole rings is 1. The number of carboxylic acids is 1. The van der Waals surface area contributed by atoms with Crippen LogP contribution in [0.5, 0.6) is 0 Å². The largest absolute Gasteiger partial charge is 0.480 e. The van der Waals surface area contributed by atoms with Gasteiger partial charge in [-0.25, -0.2) is 23.5 Å². The zero-order valence-electron chi connectivity index (χ0n) is 21.4. The van der Waals surface area contributed by atoms with Gasteiger partial charge in [-0.05, 0) is 56.6 Å². The Morgan fingerprint density at radius 2 is 1.79 bits per heavy atom. The molecule has 5 rings (SSSR count). The first kappa shape index (κ1) is 27.5. The molecule has 1 atom stereocenters. The maximum Gasteiger partial charge on any atom is 0.329 e. The molecule has 2 saturated carbocycles. The molecule has 2 aromatic heterocycles.